The first kappa shape index (κ1) is 33.8. The maximum Gasteiger partial charge on any atom is 0.338 e. The Bertz CT molecular complexity index is 1340. The normalized spacial score (nSPS) is 10.9. The summed E-state index contributed by atoms with van der Waals surface area (Å²) in [6.45, 7) is 3.73. The second-order valence-electron chi connectivity index (χ2n) is 10.3. The molecule has 0 aliphatic rings. The number of benzene rings is 3. The standard InChI is InChI=1S/C35H44N2O7/c1-3-4-8-20-42-32-17-16-31(25-33(32)40-2)44-34(38)18-13-26-11-14-30(15-12-26)41-19-9-6-5-7-10-21-43-35(39)27-22-28(36)24-29(37)23-27/h11-18,22-25H,3-10,19-21,36-37H2,1-2H3. The summed E-state index contributed by atoms with van der Waals surface area (Å²) in [6.07, 6.45) is 11.0. The molecule has 236 valence electrons. The van der Waals surface area contributed by atoms with Crippen LogP contribution in [-0.4, -0.2) is 38.9 Å². The summed E-state index contributed by atoms with van der Waals surface area (Å²) < 4.78 is 27.7. The Hall–Kier alpha value is -4.66. The van der Waals surface area contributed by atoms with E-state index in [9.17, 15) is 9.59 Å². The molecule has 0 radical (unpaired) electrons. The number of ether oxygens (including phenoxy) is 5. The Morgan fingerprint density at radius 3 is 2.05 bits per heavy atom. The van der Waals surface area contributed by atoms with Crippen molar-refractivity contribution in [3.63, 3.8) is 0 Å². The van der Waals surface area contributed by atoms with Crippen molar-refractivity contribution in [1.29, 1.82) is 0 Å². The van der Waals surface area contributed by atoms with Crippen molar-refractivity contribution in [2.24, 2.45) is 0 Å². The van der Waals surface area contributed by atoms with Gasteiger partial charge in [-0.15, -0.1) is 0 Å². The number of unbranched alkanes of at least 4 members (excludes halogenated alkanes) is 6. The highest BCUT2D eigenvalue weighted by molar-refractivity contribution is 5.91. The van der Waals surface area contributed by atoms with Gasteiger partial charge in [-0.1, -0.05) is 51.2 Å². The van der Waals surface area contributed by atoms with Crippen molar-refractivity contribution in [1.82, 2.24) is 0 Å². The van der Waals surface area contributed by atoms with Gasteiger partial charge in [0.2, 0.25) is 0 Å². The third-order valence-electron chi connectivity index (χ3n) is 6.65. The van der Waals surface area contributed by atoms with Crippen LogP contribution < -0.4 is 30.4 Å². The second-order valence-corrected chi connectivity index (χ2v) is 10.3. The Morgan fingerprint density at radius 2 is 1.34 bits per heavy atom. The van der Waals surface area contributed by atoms with Crippen molar-refractivity contribution in [2.45, 2.75) is 58.3 Å². The van der Waals surface area contributed by atoms with E-state index in [2.05, 4.69) is 6.92 Å². The first-order chi connectivity index (χ1) is 21.4. The minimum atomic E-state index is -0.492. The maximum absolute atomic E-state index is 12.3. The minimum absolute atomic E-state index is 0.360. The van der Waals surface area contributed by atoms with Gasteiger partial charge in [0.05, 0.1) is 32.5 Å². The highest BCUT2D eigenvalue weighted by atomic mass is 16.5. The first-order valence-corrected chi connectivity index (χ1v) is 15.1. The van der Waals surface area contributed by atoms with Gasteiger partial charge in [-0.25, -0.2) is 9.59 Å². The molecule has 9 heteroatoms. The van der Waals surface area contributed by atoms with Crippen molar-refractivity contribution in [2.75, 3.05) is 38.4 Å². The predicted octanol–water partition coefficient (Wildman–Crippen LogP) is 7.23. The number of carbonyl (C=O) groups excluding carboxylic acids is 2. The Kier molecular flexibility index (Phi) is 14.4. The highest BCUT2D eigenvalue weighted by Crippen LogP contribution is 2.31. The van der Waals surface area contributed by atoms with Crippen molar-refractivity contribution >= 4 is 29.4 Å². The summed E-state index contributed by atoms with van der Waals surface area (Å²) in [6, 6.07) is 17.3. The van der Waals surface area contributed by atoms with Gasteiger partial charge in [0, 0.05) is 23.5 Å². The van der Waals surface area contributed by atoms with E-state index in [0.29, 0.717) is 54.0 Å². The maximum atomic E-state index is 12.3. The summed E-state index contributed by atoms with van der Waals surface area (Å²) in [5.41, 5.74) is 13.5. The van der Waals surface area contributed by atoms with E-state index >= 15 is 0 Å². The fourth-order valence-corrected chi connectivity index (χ4v) is 4.32. The van der Waals surface area contributed by atoms with E-state index in [1.54, 1.807) is 49.6 Å². The van der Waals surface area contributed by atoms with Gasteiger partial charge < -0.3 is 35.2 Å². The number of nitrogen functional groups attached to an aromatic ring is 2. The molecule has 0 aliphatic heterocycles. The number of hydrogen-bond acceptors (Lipinski definition) is 9. The monoisotopic (exact) mass is 604 g/mol. The summed E-state index contributed by atoms with van der Waals surface area (Å²) >= 11 is 0. The van der Waals surface area contributed by atoms with E-state index in [1.165, 1.54) is 6.08 Å². The third-order valence-corrected chi connectivity index (χ3v) is 6.65. The van der Waals surface area contributed by atoms with Gasteiger partial charge in [-0.05, 0) is 73.4 Å². The molecule has 0 atom stereocenters. The fourth-order valence-electron chi connectivity index (χ4n) is 4.32. The molecule has 3 aromatic carbocycles. The van der Waals surface area contributed by atoms with Crippen molar-refractivity contribution in [3.8, 4) is 23.0 Å². The van der Waals surface area contributed by atoms with Crippen LogP contribution in [0.5, 0.6) is 23.0 Å². The van der Waals surface area contributed by atoms with E-state index in [1.807, 2.05) is 24.3 Å². The molecule has 9 nitrogen and oxygen atoms in total. The topological polar surface area (TPSA) is 132 Å². The zero-order valence-corrected chi connectivity index (χ0v) is 25.7. The number of nitrogens with two attached hydrogens (primary N) is 2. The number of esters is 2. The molecule has 0 amide bonds. The molecule has 0 saturated carbocycles. The van der Waals surface area contributed by atoms with E-state index in [4.69, 9.17) is 35.2 Å². The lowest BCUT2D eigenvalue weighted by atomic mass is 10.1. The Morgan fingerprint density at radius 1 is 0.705 bits per heavy atom. The molecule has 0 aliphatic carbocycles. The zero-order valence-electron chi connectivity index (χ0n) is 25.7. The SMILES string of the molecule is CCCCCOc1ccc(OC(=O)C=Cc2ccc(OCCCCCCCOC(=O)c3cc(N)cc(N)c3)cc2)cc1OC. The summed E-state index contributed by atoms with van der Waals surface area (Å²) in [4.78, 5) is 24.4. The lowest BCUT2D eigenvalue weighted by Gasteiger charge is -2.11. The molecule has 0 aromatic heterocycles. The van der Waals surface area contributed by atoms with Gasteiger partial charge in [0.1, 0.15) is 11.5 Å². The zero-order chi connectivity index (χ0) is 31.6. The Labute approximate surface area is 260 Å². The molecule has 0 fully saturated rings. The number of methoxy groups -OCH3 is 1. The second kappa shape index (κ2) is 18.8. The van der Waals surface area contributed by atoms with Crippen LogP contribution in [0, 0.1) is 0 Å². The van der Waals surface area contributed by atoms with Gasteiger partial charge in [-0.2, -0.15) is 0 Å². The molecule has 3 aromatic rings. The molecule has 4 N–H and O–H groups in total. The lowest BCUT2D eigenvalue weighted by molar-refractivity contribution is -0.128. The number of anilines is 2. The fraction of sp³-hybridized carbons (Fsp3) is 0.371. The number of hydrogen-bond donors (Lipinski definition) is 2. The molecule has 44 heavy (non-hydrogen) atoms. The van der Waals surface area contributed by atoms with Crippen LogP contribution >= 0.6 is 0 Å². The van der Waals surface area contributed by atoms with Crippen LogP contribution in [-0.2, 0) is 9.53 Å². The average molecular weight is 605 g/mol. The van der Waals surface area contributed by atoms with Crippen LogP contribution in [0.15, 0.2) is 66.7 Å². The van der Waals surface area contributed by atoms with Crippen LogP contribution in [0.4, 0.5) is 11.4 Å². The average Bonchev–Trinajstić information content (AvgIpc) is 3.01. The van der Waals surface area contributed by atoms with E-state index < -0.39 is 11.9 Å². The predicted molar refractivity (Wildman–Crippen MR) is 173 cm³/mol. The smallest absolute Gasteiger partial charge is 0.338 e. The van der Waals surface area contributed by atoms with Crippen molar-refractivity contribution < 1.29 is 33.3 Å². The first-order valence-electron chi connectivity index (χ1n) is 15.1. The summed E-state index contributed by atoms with van der Waals surface area (Å²) in [7, 11) is 1.56. The molecule has 3 rings (SSSR count). The highest BCUT2D eigenvalue weighted by Gasteiger charge is 2.10. The van der Waals surface area contributed by atoms with E-state index in [0.717, 1.165) is 62.7 Å². The molecule has 0 heterocycles. The molecule has 0 saturated heterocycles. The third kappa shape index (κ3) is 12.3. The molecule has 0 spiro atoms. The Balaban J connectivity index is 1.28. The van der Waals surface area contributed by atoms with Crippen LogP contribution in [0.3, 0.4) is 0 Å². The van der Waals surface area contributed by atoms with Gasteiger partial charge in [0.25, 0.3) is 0 Å². The van der Waals surface area contributed by atoms with Gasteiger partial charge in [0.15, 0.2) is 11.5 Å². The number of rotatable bonds is 19. The summed E-state index contributed by atoms with van der Waals surface area (Å²) in [5, 5.41) is 0. The molecular weight excluding hydrogens is 560 g/mol. The van der Waals surface area contributed by atoms with Crippen LogP contribution in [0.2, 0.25) is 0 Å². The lowest BCUT2D eigenvalue weighted by Crippen LogP contribution is -2.08. The van der Waals surface area contributed by atoms with Crippen molar-refractivity contribution in [3.05, 3.63) is 77.9 Å². The largest absolute Gasteiger partial charge is 0.494 e. The molecule has 0 unspecified atom stereocenters. The molecule has 0 bridgehead atoms. The molecular formula is C35H44N2O7. The minimum Gasteiger partial charge on any atom is -0.494 e. The quantitative estimate of drug-likeness (QED) is 0.0478. The number of carbonyl (C=O) groups is 2. The van der Waals surface area contributed by atoms with E-state index in [-0.39, 0.29) is 0 Å². The van der Waals surface area contributed by atoms with Gasteiger partial charge >= 0.3 is 11.9 Å². The van der Waals surface area contributed by atoms with Crippen LogP contribution in [0.25, 0.3) is 6.08 Å². The summed E-state index contributed by atoms with van der Waals surface area (Å²) in [5.74, 6) is 1.39. The van der Waals surface area contributed by atoms with Gasteiger partial charge in [-0.3, -0.25) is 0 Å². The van der Waals surface area contributed by atoms with Crippen LogP contribution in [0.1, 0.15) is 74.2 Å².